The topological polar surface area (TPSA) is 49.3 Å². The molecule has 1 aromatic heterocycles. The summed E-state index contributed by atoms with van der Waals surface area (Å²) in [6, 6.07) is 0. The van der Waals surface area contributed by atoms with Gasteiger partial charge in [0.1, 0.15) is 5.82 Å². The molecule has 0 bridgehead atoms. The maximum absolute atomic E-state index is 12.5. The maximum atomic E-state index is 12.5. The Morgan fingerprint density at radius 2 is 2.12 bits per heavy atom. The monoisotopic (exact) mass is 330 g/mol. The van der Waals surface area contributed by atoms with E-state index in [9.17, 15) is 4.79 Å². The molecule has 1 atom stereocenters. The third kappa shape index (κ3) is 4.12. The molecular weight excluding hydrogens is 300 g/mol. The van der Waals surface area contributed by atoms with Gasteiger partial charge in [-0.15, -0.1) is 0 Å². The normalized spacial score (nSPS) is 22.3. The van der Waals surface area contributed by atoms with Crippen molar-refractivity contribution in [1.82, 2.24) is 19.8 Å². The average Bonchev–Trinajstić information content (AvgIpc) is 2.52. The Labute approximate surface area is 145 Å². The van der Waals surface area contributed by atoms with Crippen molar-refractivity contribution in [2.75, 3.05) is 26.7 Å². The molecule has 2 aliphatic heterocycles. The van der Waals surface area contributed by atoms with Crippen LogP contribution in [-0.2, 0) is 17.8 Å². The summed E-state index contributed by atoms with van der Waals surface area (Å²) in [4.78, 5) is 26.3. The number of likely N-dealkylation sites (tertiary alicyclic amines) is 1. The van der Waals surface area contributed by atoms with Crippen molar-refractivity contribution in [3.63, 3.8) is 0 Å². The smallest absolute Gasteiger partial charge is 0.223 e. The van der Waals surface area contributed by atoms with Crippen LogP contribution in [0.4, 0.5) is 0 Å². The van der Waals surface area contributed by atoms with Crippen LogP contribution in [0.25, 0.3) is 0 Å². The van der Waals surface area contributed by atoms with Crippen molar-refractivity contribution in [3.05, 3.63) is 23.3 Å². The third-order valence-electron chi connectivity index (χ3n) is 4.98. The van der Waals surface area contributed by atoms with Gasteiger partial charge in [0.05, 0.1) is 5.69 Å². The highest BCUT2D eigenvalue weighted by Crippen LogP contribution is 2.27. The van der Waals surface area contributed by atoms with Crippen LogP contribution in [0.15, 0.2) is 6.20 Å². The zero-order chi connectivity index (χ0) is 17.3. The number of hydrogen-bond donors (Lipinski definition) is 0. The Morgan fingerprint density at radius 3 is 2.83 bits per heavy atom. The highest BCUT2D eigenvalue weighted by Gasteiger charge is 2.27. The summed E-state index contributed by atoms with van der Waals surface area (Å²) in [5, 5.41) is 0. The van der Waals surface area contributed by atoms with Crippen LogP contribution in [0.5, 0.6) is 0 Å². The van der Waals surface area contributed by atoms with Gasteiger partial charge >= 0.3 is 0 Å². The van der Waals surface area contributed by atoms with E-state index in [-0.39, 0.29) is 11.3 Å². The summed E-state index contributed by atoms with van der Waals surface area (Å²) in [5.41, 5.74) is 2.30. The zero-order valence-electron chi connectivity index (χ0n) is 15.5. The molecule has 0 saturated carbocycles. The molecule has 0 aromatic carbocycles. The van der Waals surface area contributed by atoms with Gasteiger partial charge in [0.25, 0.3) is 0 Å². The van der Waals surface area contributed by atoms with Gasteiger partial charge in [-0.1, -0.05) is 20.8 Å². The van der Waals surface area contributed by atoms with E-state index in [4.69, 9.17) is 4.98 Å². The van der Waals surface area contributed by atoms with Gasteiger partial charge < -0.3 is 9.80 Å². The molecule has 1 saturated heterocycles. The average molecular weight is 330 g/mol. The van der Waals surface area contributed by atoms with Crippen molar-refractivity contribution in [2.24, 2.45) is 5.41 Å². The SMILES string of the molecule is CN1CCCC(c2ncc3c(n2)CCN(C(=O)CC(C)(C)C)C3)C1. The van der Waals surface area contributed by atoms with Crippen molar-refractivity contribution < 1.29 is 4.79 Å². The Hall–Kier alpha value is -1.49. The molecule has 5 heteroatoms. The van der Waals surface area contributed by atoms with Crippen LogP contribution in [0.3, 0.4) is 0 Å². The first-order chi connectivity index (χ1) is 11.3. The van der Waals surface area contributed by atoms with E-state index in [0.717, 1.165) is 36.6 Å². The number of carbonyl (C=O) groups is 1. The standard InChI is InChI=1S/C19H30N4O/c1-19(2,3)10-17(24)23-9-7-16-15(13-23)11-20-18(21-16)14-6-5-8-22(4)12-14/h11,14H,5-10,12-13H2,1-4H3. The van der Waals surface area contributed by atoms with Gasteiger partial charge in [-0.2, -0.15) is 0 Å². The second kappa shape index (κ2) is 6.79. The second-order valence-corrected chi connectivity index (χ2v) is 8.60. The lowest BCUT2D eigenvalue weighted by molar-refractivity contribution is -0.134. The first kappa shape index (κ1) is 17.3. The largest absolute Gasteiger partial charge is 0.338 e. The lowest BCUT2D eigenvalue weighted by atomic mass is 9.91. The molecule has 1 amide bonds. The summed E-state index contributed by atoms with van der Waals surface area (Å²) < 4.78 is 0. The first-order valence-electron chi connectivity index (χ1n) is 9.13. The number of likely N-dealkylation sites (N-methyl/N-ethyl adjacent to an activating group) is 1. The van der Waals surface area contributed by atoms with E-state index in [1.165, 1.54) is 19.4 Å². The van der Waals surface area contributed by atoms with Gasteiger partial charge in [-0.25, -0.2) is 9.97 Å². The van der Waals surface area contributed by atoms with Crippen LogP contribution in [0, 0.1) is 5.41 Å². The highest BCUT2D eigenvalue weighted by atomic mass is 16.2. The molecule has 0 spiro atoms. The molecular formula is C19H30N4O. The number of rotatable bonds is 2. The predicted octanol–water partition coefficient (Wildman–Crippen LogP) is 2.61. The minimum Gasteiger partial charge on any atom is -0.338 e. The van der Waals surface area contributed by atoms with E-state index < -0.39 is 0 Å². The van der Waals surface area contributed by atoms with E-state index in [0.29, 0.717) is 18.9 Å². The lowest BCUT2D eigenvalue weighted by Gasteiger charge is -2.32. The van der Waals surface area contributed by atoms with Gasteiger partial charge in [0.2, 0.25) is 5.91 Å². The molecule has 0 aliphatic carbocycles. The molecule has 0 N–H and O–H groups in total. The molecule has 24 heavy (non-hydrogen) atoms. The number of carbonyl (C=O) groups excluding carboxylic acids is 1. The maximum Gasteiger partial charge on any atom is 0.223 e. The molecule has 1 unspecified atom stereocenters. The predicted molar refractivity (Wildman–Crippen MR) is 94.7 cm³/mol. The van der Waals surface area contributed by atoms with Crippen LogP contribution >= 0.6 is 0 Å². The Bertz CT molecular complexity index is 608. The molecule has 1 aromatic rings. The molecule has 0 radical (unpaired) electrons. The minimum absolute atomic E-state index is 0.0325. The molecule has 3 heterocycles. The number of amides is 1. The minimum atomic E-state index is 0.0325. The number of piperidine rings is 1. The zero-order valence-corrected chi connectivity index (χ0v) is 15.5. The van der Waals surface area contributed by atoms with Crippen molar-refractivity contribution in [3.8, 4) is 0 Å². The number of nitrogens with zero attached hydrogens (tertiary/aromatic N) is 4. The van der Waals surface area contributed by atoms with Crippen LogP contribution < -0.4 is 0 Å². The molecule has 2 aliphatic rings. The molecule has 1 fully saturated rings. The van der Waals surface area contributed by atoms with Crippen LogP contribution in [-0.4, -0.2) is 52.4 Å². The quantitative estimate of drug-likeness (QED) is 0.836. The second-order valence-electron chi connectivity index (χ2n) is 8.60. The molecule has 5 nitrogen and oxygen atoms in total. The highest BCUT2D eigenvalue weighted by molar-refractivity contribution is 5.77. The number of aromatic nitrogens is 2. The summed E-state index contributed by atoms with van der Waals surface area (Å²) in [6.45, 7) is 10.00. The number of fused-ring (bicyclic) bond motifs is 1. The number of hydrogen-bond acceptors (Lipinski definition) is 4. The van der Waals surface area contributed by atoms with Gasteiger partial charge in [-0.05, 0) is 31.8 Å². The third-order valence-corrected chi connectivity index (χ3v) is 4.98. The Morgan fingerprint density at radius 1 is 1.33 bits per heavy atom. The van der Waals surface area contributed by atoms with E-state index in [1.54, 1.807) is 0 Å². The van der Waals surface area contributed by atoms with E-state index in [1.807, 2.05) is 11.1 Å². The van der Waals surface area contributed by atoms with Crippen LogP contribution in [0.2, 0.25) is 0 Å². The Kier molecular flexibility index (Phi) is 4.90. The summed E-state index contributed by atoms with van der Waals surface area (Å²) >= 11 is 0. The van der Waals surface area contributed by atoms with E-state index in [2.05, 4.69) is 37.7 Å². The van der Waals surface area contributed by atoms with Crippen molar-refractivity contribution in [1.29, 1.82) is 0 Å². The van der Waals surface area contributed by atoms with Gasteiger partial charge in [0, 0.05) is 50.2 Å². The first-order valence-corrected chi connectivity index (χ1v) is 9.13. The Balaban J connectivity index is 1.69. The summed E-state index contributed by atoms with van der Waals surface area (Å²) in [5.74, 6) is 1.69. The van der Waals surface area contributed by atoms with Crippen molar-refractivity contribution in [2.45, 2.75) is 58.9 Å². The fourth-order valence-electron chi connectivity index (χ4n) is 3.68. The van der Waals surface area contributed by atoms with E-state index >= 15 is 0 Å². The summed E-state index contributed by atoms with van der Waals surface area (Å²) in [6.07, 6.45) is 5.80. The van der Waals surface area contributed by atoms with Crippen LogP contribution in [0.1, 0.15) is 63.0 Å². The van der Waals surface area contributed by atoms with Gasteiger partial charge in [0.15, 0.2) is 0 Å². The fraction of sp³-hybridized carbons (Fsp3) is 0.737. The fourth-order valence-corrected chi connectivity index (χ4v) is 3.68. The van der Waals surface area contributed by atoms with Gasteiger partial charge in [-0.3, -0.25) is 4.79 Å². The van der Waals surface area contributed by atoms with Crippen molar-refractivity contribution >= 4 is 5.91 Å². The molecule has 132 valence electrons. The lowest BCUT2D eigenvalue weighted by Crippen LogP contribution is -2.38. The summed E-state index contributed by atoms with van der Waals surface area (Å²) in [7, 11) is 2.17. The molecule has 3 rings (SSSR count).